The van der Waals surface area contributed by atoms with E-state index in [2.05, 4.69) is 26.8 Å². The van der Waals surface area contributed by atoms with E-state index in [4.69, 9.17) is 9.47 Å². The van der Waals surface area contributed by atoms with Crippen molar-refractivity contribution in [2.45, 2.75) is 70.1 Å². The lowest BCUT2D eigenvalue weighted by molar-refractivity contribution is 0.0606. The number of nitrogens with zero attached hydrogens (tertiary/aromatic N) is 3. The van der Waals surface area contributed by atoms with Crippen molar-refractivity contribution in [3.63, 3.8) is 0 Å². The summed E-state index contributed by atoms with van der Waals surface area (Å²) in [5.74, 6) is 1.48. The van der Waals surface area contributed by atoms with Crippen molar-refractivity contribution >= 4 is 0 Å². The summed E-state index contributed by atoms with van der Waals surface area (Å²) in [7, 11) is 1.68. The van der Waals surface area contributed by atoms with Crippen molar-refractivity contribution in [2.24, 2.45) is 0 Å². The molecule has 4 rings (SSSR count). The summed E-state index contributed by atoms with van der Waals surface area (Å²) in [5.41, 5.74) is 1.25. The van der Waals surface area contributed by atoms with Crippen LogP contribution in [0, 0.1) is 0 Å². The molecule has 0 bridgehead atoms. The number of piperidine rings is 1. The van der Waals surface area contributed by atoms with Gasteiger partial charge in [0.05, 0.1) is 7.11 Å². The predicted molar refractivity (Wildman–Crippen MR) is 129 cm³/mol. The van der Waals surface area contributed by atoms with E-state index in [1.54, 1.807) is 7.11 Å². The van der Waals surface area contributed by atoms with Gasteiger partial charge < -0.3 is 19.5 Å². The van der Waals surface area contributed by atoms with Crippen molar-refractivity contribution in [2.75, 3.05) is 59.5 Å². The van der Waals surface area contributed by atoms with Gasteiger partial charge in [-0.25, -0.2) is 0 Å². The van der Waals surface area contributed by atoms with Crippen LogP contribution in [0.15, 0.2) is 18.2 Å². The van der Waals surface area contributed by atoms with Crippen LogP contribution >= 0.6 is 0 Å². The topological polar surface area (TPSA) is 48.4 Å². The molecule has 1 saturated carbocycles. The van der Waals surface area contributed by atoms with Crippen LogP contribution in [0.2, 0.25) is 0 Å². The molecule has 1 N–H and O–H groups in total. The number of likely N-dealkylation sites (tertiary alicyclic amines) is 1. The third-order valence-electron chi connectivity index (χ3n) is 7.48. The summed E-state index contributed by atoms with van der Waals surface area (Å²) < 4.78 is 11.5. The highest BCUT2D eigenvalue weighted by Gasteiger charge is 2.25. The summed E-state index contributed by atoms with van der Waals surface area (Å²) in [4.78, 5) is 7.62. The van der Waals surface area contributed by atoms with Crippen LogP contribution < -0.4 is 9.47 Å². The molecule has 1 aliphatic carbocycles. The van der Waals surface area contributed by atoms with E-state index in [0.717, 1.165) is 50.3 Å². The zero-order valence-electron chi connectivity index (χ0n) is 20.0. The summed E-state index contributed by atoms with van der Waals surface area (Å²) in [6.07, 6.45) is 10.3. The Morgan fingerprint density at radius 1 is 0.875 bits per heavy atom. The molecular formula is C26H43N3O3. The van der Waals surface area contributed by atoms with Gasteiger partial charge in [0, 0.05) is 45.3 Å². The van der Waals surface area contributed by atoms with Crippen molar-refractivity contribution in [3.8, 4) is 11.5 Å². The van der Waals surface area contributed by atoms with Gasteiger partial charge in [0.15, 0.2) is 11.5 Å². The maximum atomic E-state index is 10.5. The number of aliphatic hydroxyl groups is 1. The molecule has 1 atom stereocenters. The molecule has 2 heterocycles. The molecule has 0 amide bonds. The molecule has 180 valence electrons. The number of hydrogen-bond donors (Lipinski definition) is 1. The quantitative estimate of drug-likeness (QED) is 0.629. The Hall–Kier alpha value is -1.34. The van der Waals surface area contributed by atoms with Gasteiger partial charge in [-0.05, 0) is 56.5 Å². The van der Waals surface area contributed by atoms with Crippen LogP contribution in [0.5, 0.6) is 11.5 Å². The van der Waals surface area contributed by atoms with Gasteiger partial charge in [0.25, 0.3) is 0 Å². The smallest absolute Gasteiger partial charge is 0.161 e. The van der Waals surface area contributed by atoms with Crippen molar-refractivity contribution in [1.29, 1.82) is 0 Å². The molecule has 0 spiro atoms. The second kappa shape index (κ2) is 12.2. The number of ether oxygens (including phenoxy) is 2. The molecule has 0 aromatic heterocycles. The van der Waals surface area contributed by atoms with E-state index in [1.165, 1.54) is 70.0 Å². The van der Waals surface area contributed by atoms with Crippen LogP contribution in [0.3, 0.4) is 0 Å². The van der Waals surface area contributed by atoms with Crippen molar-refractivity contribution in [3.05, 3.63) is 23.8 Å². The normalized spacial score (nSPS) is 23.2. The molecule has 1 aromatic carbocycles. The minimum absolute atomic E-state index is 0.302. The van der Waals surface area contributed by atoms with Crippen LogP contribution in [-0.2, 0) is 6.54 Å². The largest absolute Gasteiger partial charge is 0.493 e. The summed E-state index contributed by atoms with van der Waals surface area (Å²) in [5, 5.41) is 10.5. The highest BCUT2D eigenvalue weighted by molar-refractivity contribution is 5.43. The maximum absolute atomic E-state index is 10.5. The highest BCUT2D eigenvalue weighted by atomic mass is 16.5. The second-order valence-corrected chi connectivity index (χ2v) is 9.92. The fourth-order valence-electron chi connectivity index (χ4n) is 5.60. The third-order valence-corrected chi connectivity index (χ3v) is 7.48. The van der Waals surface area contributed by atoms with Gasteiger partial charge in [0.2, 0.25) is 0 Å². The standard InChI is InChI=1S/C26H43N3O3/c1-31-25-11-10-22(18-26(25)32-21-24(30)20-27-12-6-3-7-13-27)19-28-14-16-29(17-15-28)23-8-4-2-5-9-23/h10-11,18,23-24,30H,2-9,12-17,19-21H2,1H3/t24-/m0/s1. The van der Waals surface area contributed by atoms with Crippen LogP contribution in [0.1, 0.15) is 56.9 Å². The molecule has 1 aromatic rings. The fourth-order valence-corrected chi connectivity index (χ4v) is 5.60. The first-order chi connectivity index (χ1) is 15.7. The van der Waals surface area contributed by atoms with Crippen LogP contribution in [0.4, 0.5) is 0 Å². The van der Waals surface area contributed by atoms with Crippen LogP contribution in [0.25, 0.3) is 0 Å². The Kier molecular flexibility index (Phi) is 9.09. The van der Waals surface area contributed by atoms with E-state index in [1.807, 2.05) is 6.07 Å². The van der Waals surface area contributed by atoms with E-state index >= 15 is 0 Å². The SMILES string of the molecule is COc1ccc(CN2CCN(C3CCCCC3)CC2)cc1OC[C@@H](O)CN1CCCCC1. The van der Waals surface area contributed by atoms with E-state index < -0.39 is 6.10 Å². The summed E-state index contributed by atoms with van der Waals surface area (Å²) >= 11 is 0. The molecule has 32 heavy (non-hydrogen) atoms. The van der Waals surface area contributed by atoms with Gasteiger partial charge in [-0.1, -0.05) is 31.7 Å². The summed E-state index contributed by atoms with van der Waals surface area (Å²) in [6.45, 7) is 8.74. The van der Waals surface area contributed by atoms with E-state index in [9.17, 15) is 5.11 Å². The lowest BCUT2D eigenvalue weighted by Crippen LogP contribution is -2.50. The molecule has 0 radical (unpaired) electrons. The Morgan fingerprint density at radius 2 is 1.59 bits per heavy atom. The Balaban J connectivity index is 1.26. The molecule has 2 aliphatic heterocycles. The maximum Gasteiger partial charge on any atom is 0.161 e. The number of benzene rings is 1. The van der Waals surface area contributed by atoms with E-state index in [0.29, 0.717) is 13.2 Å². The molecule has 3 fully saturated rings. The average Bonchev–Trinajstić information content (AvgIpc) is 2.84. The number of rotatable bonds is 9. The Labute approximate surface area is 194 Å². The molecular weight excluding hydrogens is 402 g/mol. The number of hydrogen-bond acceptors (Lipinski definition) is 6. The first-order valence-electron chi connectivity index (χ1n) is 12.9. The van der Waals surface area contributed by atoms with Gasteiger partial charge in [-0.15, -0.1) is 0 Å². The predicted octanol–water partition coefficient (Wildman–Crippen LogP) is 3.37. The zero-order chi connectivity index (χ0) is 22.2. The van der Waals surface area contributed by atoms with Gasteiger partial charge in [-0.3, -0.25) is 9.80 Å². The third kappa shape index (κ3) is 6.83. The fraction of sp³-hybridized carbons (Fsp3) is 0.769. The second-order valence-electron chi connectivity index (χ2n) is 9.92. The Morgan fingerprint density at radius 3 is 2.31 bits per heavy atom. The van der Waals surface area contributed by atoms with E-state index in [-0.39, 0.29) is 0 Å². The van der Waals surface area contributed by atoms with Crippen molar-refractivity contribution < 1.29 is 14.6 Å². The van der Waals surface area contributed by atoms with Gasteiger partial charge in [-0.2, -0.15) is 0 Å². The zero-order valence-corrected chi connectivity index (χ0v) is 20.0. The summed E-state index contributed by atoms with van der Waals surface area (Å²) in [6, 6.07) is 7.06. The lowest BCUT2D eigenvalue weighted by atomic mass is 9.94. The number of aliphatic hydroxyl groups excluding tert-OH is 1. The number of methoxy groups -OCH3 is 1. The van der Waals surface area contributed by atoms with Crippen molar-refractivity contribution in [1.82, 2.24) is 14.7 Å². The number of piperazine rings is 1. The minimum Gasteiger partial charge on any atom is -0.493 e. The average molecular weight is 446 g/mol. The molecule has 3 aliphatic rings. The molecule has 0 unspecified atom stereocenters. The van der Waals surface area contributed by atoms with Crippen LogP contribution in [-0.4, -0.2) is 91.5 Å². The first-order valence-corrected chi connectivity index (χ1v) is 12.9. The lowest BCUT2D eigenvalue weighted by Gasteiger charge is -2.40. The molecule has 2 saturated heterocycles. The number of β-amino-alcohol motifs (C(OH)–C–C–N with tert-alkyl or cyclic N) is 1. The monoisotopic (exact) mass is 445 g/mol. The molecule has 6 nitrogen and oxygen atoms in total. The minimum atomic E-state index is -0.477. The highest BCUT2D eigenvalue weighted by Crippen LogP contribution is 2.29. The molecule has 6 heteroatoms. The Bertz CT molecular complexity index is 681. The first kappa shape index (κ1) is 23.8. The van der Waals surface area contributed by atoms with Gasteiger partial charge >= 0.3 is 0 Å². The van der Waals surface area contributed by atoms with Gasteiger partial charge in [0.1, 0.15) is 12.7 Å².